The second kappa shape index (κ2) is 4.01. The van der Waals surface area contributed by atoms with Crippen molar-refractivity contribution in [2.75, 3.05) is 4.90 Å². The summed E-state index contributed by atoms with van der Waals surface area (Å²) in [6.45, 7) is 7.47. The molecule has 0 radical (unpaired) electrons. The lowest BCUT2D eigenvalue weighted by atomic mass is 10.1. The number of aromatic nitrogens is 2. The van der Waals surface area contributed by atoms with Crippen LogP contribution < -0.4 is 4.90 Å². The lowest BCUT2D eigenvalue weighted by molar-refractivity contribution is 0.195. The topological polar surface area (TPSA) is 69.2 Å². The third-order valence-corrected chi connectivity index (χ3v) is 2.70. The third kappa shape index (κ3) is 2.16. The molecule has 1 aromatic carbocycles. The smallest absolute Gasteiger partial charge is 0.412 e. The molecule has 2 rings (SSSR count). The molecular weight excluding hydrogens is 230 g/mol. The standard InChI is InChI=1S/C13H17N3O2/c1-8-14-10-6-5-9(7-11(10)15-8)16(12(17)18)13(2,3)4/h5-7H,1-4H3,(H,14,15)(H,17,18). The van der Waals surface area contributed by atoms with E-state index < -0.39 is 11.6 Å². The number of amides is 1. The van der Waals surface area contributed by atoms with E-state index >= 15 is 0 Å². The first-order chi connectivity index (χ1) is 8.29. The number of hydrogen-bond donors (Lipinski definition) is 2. The lowest BCUT2D eigenvalue weighted by Crippen LogP contribution is -2.45. The molecule has 0 bridgehead atoms. The molecule has 5 heteroatoms. The lowest BCUT2D eigenvalue weighted by Gasteiger charge is -2.33. The van der Waals surface area contributed by atoms with Crippen LogP contribution in [0.1, 0.15) is 26.6 Å². The molecule has 0 aliphatic rings. The largest absolute Gasteiger partial charge is 0.465 e. The number of rotatable bonds is 1. The number of aryl methyl sites for hydroxylation is 1. The van der Waals surface area contributed by atoms with Crippen LogP contribution in [0.25, 0.3) is 11.0 Å². The molecule has 2 aromatic rings. The number of benzene rings is 1. The second-order valence-electron chi connectivity index (χ2n) is 5.31. The highest BCUT2D eigenvalue weighted by atomic mass is 16.4. The van der Waals surface area contributed by atoms with Crippen molar-refractivity contribution in [1.82, 2.24) is 9.97 Å². The zero-order valence-corrected chi connectivity index (χ0v) is 11.0. The van der Waals surface area contributed by atoms with Crippen molar-refractivity contribution in [2.24, 2.45) is 0 Å². The SMILES string of the molecule is Cc1nc2ccc(N(C(=O)O)C(C)(C)C)cc2[nH]1. The Kier molecular flexibility index (Phi) is 2.77. The Hall–Kier alpha value is -2.04. The molecule has 1 aromatic heterocycles. The van der Waals surface area contributed by atoms with E-state index in [-0.39, 0.29) is 0 Å². The van der Waals surface area contributed by atoms with Crippen molar-refractivity contribution >= 4 is 22.8 Å². The van der Waals surface area contributed by atoms with Gasteiger partial charge in [0, 0.05) is 11.2 Å². The summed E-state index contributed by atoms with van der Waals surface area (Å²) >= 11 is 0. The molecule has 5 nitrogen and oxygen atoms in total. The van der Waals surface area contributed by atoms with Gasteiger partial charge in [0.05, 0.1) is 11.0 Å². The van der Waals surface area contributed by atoms with Gasteiger partial charge in [-0.2, -0.15) is 0 Å². The van der Waals surface area contributed by atoms with Crippen molar-refractivity contribution in [2.45, 2.75) is 33.2 Å². The van der Waals surface area contributed by atoms with Crippen LogP contribution in [0.2, 0.25) is 0 Å². The maximum absolute atomic E-state index is 11.4. The first-order valence-electron chi connectivity index (χ1n) is 5.78. The number of anilines is 1. The van der Waals surface area contributed by atoms with Gasteiger partial charge in [-0.25, -0.2) is 9.78 Å². The predicted molar refractivity (Wildman–Crippen MR) is 71.1 cm³/mol. The number of fused-ring (bicyclic) bond motifs is 1. The quantitative estimate of drug-likeness (QED) is 0.813. The molecule has 96 valence electrons. The minimum atomic E-state index is -0.960. The summed E-state index contributed by atoms with van der Waals surface area (Å²) in [5.74, 6) is 0.819. The molecule has 0 saturated carbocycles. The van der Waals surface area contributed by atoms with Gasteiger partial charge in [-0.1, -0.05) is 0 Å². The minimum absolute atomic E-state index is 0.491. The van der Waals surface area contributed by atoms with E-state index in [1.165, 1.54) is 4.90 Å². The van der Waals surface area contributed by atoms with Crippen LogP contribution in [0.3, 0.4) is 0 Å². The van der Waals surface area contributed by atoms with Gasteiger partial charge < -0.3 is 10.1 Å². The fourth-order valence-electron chi connectivity index (χ4n) is 2.05. The summed E-state index contributed by atoms with van der Waals surface area (Å²) in [4.78, 5) is 20.2. The van der Waals surface area contributed by atoms with Gasteiger partial charge >= 0.3 is 6.09 Å². The van der Waals surface area contributed by atoms with Gasteiger partial charge in [0.2, 0.25) is 0 Å². The molecule has 0 fully saturated rings. The van der Waals surface area contributed by atoms with Gasteiger partial charge in [-0.05, 0) is 45.9 Å². The van der Waals surface area contributed by atoms with Crippen LogP contribution in [0, 0.1) is 6.92 Å². The summed E-state index contributed by atoms with van der Waals surface area (Å²) in [7, 11) is 0. The van der Waals surface area contributed by atoms with Crippen molar-refractivity contribution in [3.05, 3.63) is 24.0 Å². The molecular formula is C13H17N3O2. The summed E-state index contributed by atoms with van der Waals surface area (Å²) in [6, 6.07) is 5.42. The van der Waals surface area contributed by atoms with Crippen LogP contribution in [0.5, 0.6) is 0 Å². The van der Waals surface area contributed by atoms with Crippen molar-refractivity contribution in [3.8, 4) is 0 Å². The number of carbonyl (C=O) groups is 1. The normalized spacial score (nSPS) is 11.8. The maximum atomic E-state index is 11.4. The highest BCUT2D eigenvalue weighted by Crippen LogP contribution is 2.26. The maximum Gasteiger partial charge on any atom is 0.412 e. The molecule has 0 atom stereocenters. The first kappa shape index (κ1) is 12.4. The first-order valence-corrected chi connectivity index (χ1v) is 5.78. The predicted octanol–water partition coefficient (Wildman–Crippen LogP) is 3.15. The fraction of sp³-hybridized carbons (Fsp3) is 0.385. The average molecular weight is 247 g/mol. The zero-order valence-electron chi connectivity index (χ0n) is 11.0. The monoisotopic (exact) mass is 247 g/mol. The average Bonchev–Trinajstić information content (AvgIpc) is 2.54. The zero-order chi connectivity index (χ0) is 13.5. The van der Waals surface area contributed by atoms with Gasteiger partial charge in [0.25, 0.3) is 0 Å². The number of nitrogens with zero attached hydrogens (tertiary/aromatic N) is 2. The van der Waals surface area contributed by atoms with Gasteiger partial charge in [0.15, 0.2) is 0 Å². The molecule has 0 spiro atoms. The summed E-state index contributed by atoms with van der Waals surface area (Å²) in [5, 5.41) is 9.34. The minimum Gasteiger partial charge on any atom is -0.465 e. The molecule has 2 N–H and O–H groups in total. The number of carboxylic acid groups (broad SMARTS) is 1. The molecule has 0 saturated heterocycles. The molecule has 0 aliphatic heterocycles. The second-order valence-corrected chi connectivity index (χ2v) is 5.31. The highest BCUT2D eigenvalue weighted by Gasteiger charge is 2.27. The van der Waals surface area contributed by atoms with Crippen LogP contribution in [-0.4, -0.2) is 26.7 Å². The molecule has 1 amide bonds. The van der Waals surface area contributed by atoms with Crippen molar-refractivity contribution in [3.63, 3.8) is 0 Å². The van der Waals surface area contributed by atoms with E-state index in [1.807, 2.05) is 39.8 Å². The van der Waals surface area contributed by atoms with E-state index in [4.69, 9.17) is 0 Å². The Morgan fingerprint density at radius 1 is 1.39 bits per heavy atom. The molecule has 0 unspecified atom stereocenters. The Morgan fingerprint density at radius 2 is 2.06 bits per heavy atom. The van der Waals surface area contributed by atoms with Crippen molar-refractivity contribution < 1.29 is 9.90 Å². The van der Waals surface area contributed by atoms with Crippen LogP contribution in [0.15, 0.2) is 18.2 Å². The Labute approximate surface area is 105 Å². The van der Waals surface area contributed by atoms with Crippen LogP contribution in [0.4, 0.5) is 10.5 Å². The molecule has 0 aliphatic carbocycles. The van der Waals surface area contributed by atoms with Crippen LogP contribution >= 0.6 is 0 Å². The summed E-state index contributed by atoms with van der Waals surface area (Å²) in [6.07, 6.45) is -0.960. The fourth-order valence-corrected chi connectivity index (χ4v) is 2.05. The summed E-state index contributed by atoms with van der Waals surface area (Å²) < 4.78 is 0. The van der Waals surface area contributed by atoms with E-state index in [2.05, 4.69) is 9.97 Å². The van der Waals surface area contributed by atoms with Gasteiger partial charge in [-0.3, -0.25) is 4.90 Å². The number of nitrogens with one attached hydrogen (secondary N) is 1. The van der Waals surface area contributed by atoms with E-state index in [9.17, 15) is 9.90 Å². The Balaban J connectivity index is 2.54. The molecule has 18 heavy (non-hydrogen) atoms. The van der Waals surface area contributed by atoms with Crippen molar-refractivity contribution in [1.29, 1.82) is 0 Å². The number of hydrogen-bond acceptors (Lipinski definition) is 2. The van der Waals surface area contributed by atoms with E-state index in [0.717, 1.165) is 16.9 Å². The Morgan fingerprint density at radius 3 is 2.61 bits per heavy atom. The Bertz CT molecular complexity index is 596. The molecule has 1 heterocycles. The van der Waals surface area contributed by atoms with E-state index in [0.29, 0.717) is 5.69 Å². The summed E-state index contributed by atoms with van der Waals surface area (Å²) in [5.41, 5.74) is 1.84. The number of H-pyrrole nitrogens is 1. The number of imidazole rings is 1. The van der Waals surface area contributed by atoms with Gasteiger partial charge in [0.1, 0.15) is 5.82 Å². The third-order valence-electron chi connectivity index (χ3n) is 2.70. The van der Waals surface area contributed by atoms with Gasteiger partial charge in [-0.15, -0.1) is 0 Å². The number of aromatic amines is 1. The van der Waals surface area contributed by atoms with E-state index in [1.54, 1.807) is 6.07 Å². The highest BCUT2D eigenvalue weighted by molar-refractivity contribution is 5.91. The van der Waals surface area contributed by atoms with Crippen LogP contribution in [-0.2, 0) is 0 Å².